The Hall–Kier alpha value is -0.120. The van der Waals surface area contributed by atoms with Crippen LogP contribution in [0.2, 0.25) is 0 Å². The van der Waals surface area contributed by atoms with Gasteiger partial charge in [-0.15, -0.1) is 0 Å². The maximum absolute atomic E-state index is 5.65. The van der Waals surface area contributed by atoms with Crippen molar-refractivity contribution in [2.45, 2.75) is 38.2 Å². The monoisotopic (exact) mass is 173 g/mol. The molecule has 0 aromatic carbocycles. The molecule has 1 aliphatic heterocycles. The lowest BCUT2D eigenvalue weighted by atomic mass is 10.0. The molecular weight excluding hydrogens is 154 g/mol. The van der Waals surface area contributed by atoms with Crippen molar-refractivity contribution in [2.24, 2.45) is 0 Å². The molecule has 3 nitrogen and oxygen atoms in total. The van der Waals surface area contributed by atoms with Gasteiger partial charge in [-0.25, -0.2) is 0 Å². The lowest BCUT2D eigenvalue weighted by molar-refractivity contribution is -0.192. The van der Waals surface area contributed by atoms with Gasteiger partial charge in [0, 0.05) is 13.2 Å². The molecule has 3 heteroatoms. The van der Waals surface area contributed by atoms with E-state index in [0.29, 0.717) is 6.04 Å². The largest absolute Gasteiger partial charge is 0.356 e. The standard InChI is InChI=1S/C9H19NO2/c1-7-8(10(2)3)5-6-9(11-4)12-7/h7-9H,5-6H2,1-4H3/t7-,8-,9?/m1/s1. The fourth-order valence-corrected chi connectivity index (χ4v) is 1.79. The van der Waals surface area contributed by atoms with Crippen LogP contribution in [0.5, 0.6) is 0 Å². The van der Waals surface area contributed by atoms with Crippen molar-refractivity contribution >= 4 is 0 Å². The maximum atomic E-state index is 5.65. The van der Waals surface area contributed by atoms with Crippen LogP contribution in [-0.4, -0.2) is 44.5 Å². The Morgan fingerprint density at radius 2 is 2.00 bits per heavy atom. The van der Waals surface area contributed by atoms with Crippen LogP contribution in [-0.2, 0) is 9.47 Å². The number of rotatable bonds is 2. The van der Waals surface area contributed by atoms with Gasteiger partial charge in [-0.1, -0.05) is 0 Å². The fourth-order valence-electron chi connectivity index (χ4n) is 1.79. The van der Waals surface area contributed by atoms with Crippen LogP contribution in [0.15, 0.2) is 0 Å². The van der Waals surface area contributed by atoms with Crippen LogP contribution in [0.25, 0.3) is 0 Å². The molecule has 0 spiro atoms. The SMILES string of the molecule is COC1CC[C@@H](N(C)C)[C@@H](C)O1. The molecule has 12 heavy (non-hydrogen) atoms. The second kappa shape index (κ2) is 4.21. The molecule has 0 N–H and O–H groups in total. The highest BCUT2D eigenvalue weighted by Crippen LogP contribution is 2.22. The van der Waals surface area contributed by atoms with E-state index in [1.807, 2.05) is 0 Å². The third kappa shape index (κ3) is 2.19. The molecule has 1 aliphatic rings. The average molecular weight is 173 g/mol. The van der Waals surface area contributed by atoms with Gasteiger partial charge in [-0.3, -0.25) is 0 Å². The number of methoxy groups -OCH3 is 1. The van der Waals surface area contributed by atoms with E-state index in [1.165, 1.54) is 0 Å². The Kier molecular flexibility index (Phi) is 3.50. The van der Waals surface area contributed by atoms with Gasteiger partial charge in [-0.05, 0) is 33.9 Å². The van der Waals surface area contributed by atoms with Crippen molar-refractivity contribution < 1.29 is 9.47 Å². The first kappa shape index (κ1) is 9.96. The van der Waals surface area contributed by atoms with Gasteiger partial charge in [0.15, 0.2) is 6.29 Å². The third-order valence-electron chi connectivity index (χ3n) is 2.53. The number of nitrogens with zero attached hydrogens (tertiary/aromatic N) is 1. The minimum absolute atomic E-state index is 0.0104. The molecule has 0 aromatic rings. The second-order valence-corrected chi connectivity index (χ2v) is 3.61. The molecule has 1 heterocycles. The van der Waals surface area contributed by atoms with E-state index in [9.17, 15) is 0 Å². The third-order valence-corrected chi connectivity index (χ3v) is 2.53. The van der Waals surface area contributed by atoms with Gasteiger partial charge >= 0.3 is 0 Å². The molecule has 0 amide bonds. The summed E-state index contributed by atoms with van der Waals surface area (Å²) >= 11 is 0. The zero-order valence-electron chi connectivity index (χ0n) is 8.41. The summed E-state index contributed by atoms with van der Waals surface area (Å²) in [6, 6.07) is 0.538. The molecule has 1 saturated heterocycles. The van der Waals surface area contributed by atoms with Crippen LogP contribution < -0.4 is 0 Å². The smallest absolute Gasteiger partial charge is 0.157 e. The summed E-state index contributed by atoms with van der Waals surface area (Å²) in [7, 11) is 5.89. The van der Waals surface area contributed by atoms with Crippen molar-refractivity contribution in [2.75, 3.05) is 21.2 Å². The molecule has 0 radical (unpaired) electrons. The van der Waals surface area contributed by atoms with Crippen LogP contribution in [0, 0.1) is 0 Å². The summed E-state index contributed by atoms with van der Waals surface area (Å²) in [6.45, 7) is 2.11. The summed E-state index contributed by atoms with van der Waals surface area (Å²) in [5, 5.41) is 0. The lowest BCUT2D eigenvalue weighted by Gasteiger charge is -2.37. The number of hydrogen-bond donors (Lipinski definition) is 0. The summed E-state index contributed by atoms with van der Waals surface area (Å²) in [5.41, 5.74) is 0. The Morgan fingerprint density at radius 3 is 2.42 bits per heavy atom. The molecule has 0 aromatic heterocycles. The van der Waals surface area contributed by atoms with Gasteiger partial charge in [0.25, 0.3) is 0 Å². The topological polar surface area (TPSA) is 21.7 Å². The van der Waals surface area contributed by atoms with E-state index in [0.717, 1.165) is 12.8 Å². The molecule has 1 unspecified atom stereocenters. The van der Waals surface area contributed by atoms with Crippen LogP contribution in [0.4, 0.5) is 0 Å². The lowest BCUT2D eigenvalue weighted by Crippen LogP contribution is -2.45. The number of likely N-dealkylation sites (N-methyl/N-ethyl adjacent to an activating group) is 1. The van der Waals surface area contributed by atoms with Crippen LogP contribution >= 0.6 is 0 Å². The van der Waals surface area contributed by atoms with E-state index in [1.54, 1.807) is 7.11 Å². The molecular formula is C9H19NO2. The van der Waals surface area contributed by atoms with Gasteiger partial charge in [0.05, 0.1) is 6.10 Å². The Morgan fingerprint density at radius 1 is 1.33 bits per heavy atom. The van der Waals surface area contributed by atoms with Gasteiger partial charge < -0.3 is 14.4 Å². The van der Waals surface area contributed by atoms with Crippen LogP contribution in [0.1, 0.15) is 19.8 Å². The second-order valence-electron chi connectivity index (χ2n) is 3.61. The first-order chi connectivity index (χ1) is 5.65. The fraction of sp³-hybridized carbons (Fsp3) is 1.00. The van der Waals surface area contributed by atoms with E-state index in [-0.39, 0.29) is 12.4 Å². The summed E-state index contributed by atoms with van der Waals surface area (Å²) in [6.07, 6.45) is 2.45. The highest BCUT2D eigenvalue weighted by atomic mass is 16.7. The first-order valence-corrected chi connectivity index (χ1v) is 4.50. The Balaban J connectivity index is 2.42. The predicted octanol–water partition coefficient (Wildman–Crippen LogP) is 1.09. The zero-order valence-corrected chi connectivity index (χ0v) is 8.41. The average Bonchev–Trinajstić information content (AvgIpc) is 2.03. The predicted molar refractivity (Wildman–Crippen MR) is 48.1 cm³/mol. The molecule has 3 atom stereocenters. The van der Waals surface area contributed by atoms with Gasteiger partial charge in [-0.2, -0.15) is 0 Å². The summed E-state index contributed by atoms with van der Waals surface area (Å²) in [4.78, 5) is 2.22. The van der Waals surface area contributed by atoms with E-state index in [2.05, 4.69) is 25.9 Å². The van der Waals surface area contributed by atoms with E-state index < -0.39 is 0 Å². The Bertz CT molecular complexity index is 138. The molecule has 0 bridgehead atoms. The molecule has 72 valence electrons. The quantitative estimate of drug-likeness (QED) is 0.624. The van der Waals surface area contributed by atoms with Crippen molar-refractivity contribution in [3.63, 3.8) is 0 Å². The zero-order chi connectivity index (χ0) is 9.14. The van der Waals surface area contributed by atoms with Gasteiger partial charge in [0.1, 0.15) is 0 Å². The molecule has 1 rings (SSSR count). The normalized spacial score (nSPS) is 37.2. The molecule has 0 saturated carbocycles. The van der Waals surface area contributed by atoms with Crippen molar-refractivity contribution in [1.82, 2.24) is 4.90 Å². The van der Waals surface area contributed by atoms with Crippen molar-refractivity contribution in [3.05, 3.63) is 0 Å². The minimum atomic E-state index is 0.0104. The maximum Gasteiger partial charge on any atom is 0.157 e. The minimum Gasteiger partial charge on any atom is -0.356 e. The first-order valence-electron chi connectivity index (χ1n) is 4.50. The van der Waals surface area contributed by atoms with Crippen molar-refractivity contribution in [3.8, 4) is 0 Å². The molecule has 1 fully saturated rings. The van der Waals surface area contributed by atoms with Gasteiger partial charge in [0.2, 0.25) is 0 Å². The number of hydrogen-bond acceptors (Lipinski definition) is 3. The van der Waals surface area contributed by atoms with Crippen LogP contribution in [0.3, 0.4) is 0 Å². The highest BCUT2D eigenvalue weighted by Gasteiger charge is 2.28. The highest BCUT2D eigenvalue weighted by molar-refractivity contribution is 4.78. The summed E-state index contributed by atoms with van der Waals surface area (Å²) in [5.74, 6) is 0. The summed E-state index contributed by atoms with van der Waals surface area (Å²) < 4.78 is 10.8. The van der Waals surface area contributed by atoms with E-state index >= 15 is 0 Å². The van der Waals surface area contributed by atoms with Crippen molar-refractivity contribution in [1.29, 1.82) is 0 Å². The number of ether oxygens (including phenoxy) is 2. The molecule has 0 aliphatic carbocycles. The Labute approximate surface area is 74.6 Å². The van der Waals surface area contributed by atoms with E-state index in [4.69, 9.17) is 9.47 Å².